The number of hydrogen-bond acceptors (Lipinski definition) is 2. The van der Waals surface area contributed by atoms with Crippen LogP contribution >= 0.6 is 11.8 Å². The maximum absolute atomic E-state index is 12.2. The van der Waals surface area contributed by atoms with Crippen molar-refractivity contribution < 1.29 is 8.78 Å². The van der Waals surface area contributed by atoms with E-state index >= 15 is 0 Å². The Morgan fingerprint density at radius 3 is 2.60 bits per heavy atom. The molecule has 0 radical (unpaired) electrons. The summed E-state index contributed by atoms with van der Waals surface area (Å²) in [5.41, 5.74) is 0.566. The molecule has 2 nitrogen and oxygen atoms in total. The zero-order valence-corrected chi connectivity index (χ0v) is 9.34. The van der Waals surface area contributed by atoms with Gasteiger partial charge >= 0.3 is 0 Å². The minimum Gasteiger partial charge on any atom is -0.369 e. The number of aliphatic imine (C=N–C) groups is 1. The Bertz CT molecular complexity index is 340. The van der Waals surface area contributed by atoms with Gasteiger partial charge in [0.1, 0.15) is 0 Å². The quantitative estimate of drug-likeness (QED) is 0.448. The number of alkyl halides is 2. The fourth-order valence-electron chi connectivity index (χ4n) is 0.937. The molecule has 1 aromatic rings. The third kappa shape index (κ3) is 4.29. The van der Waals surface area contributed by atoms with E-state index in [9.17, 15) is 8.78 Å². The summed E-state index contributed by atoms with van der Waals surface area (Å²) < 4.78 is 24.4. The molecule has 0 atom stereocenters. The monoisotopic (exact) mass is 230 g/mol. The van der Waals surface area contributed by atoms with Crippen LogP contribution in [-0.2, 0) is 0 Å². The molecule has 0 amide bonds. The summed E-state index contributed by atoms with van der Waals surface area (Å²) in [4.78, 5) is 6.35. The molecule has 5 heteroatoms. The molecule has 0 aliphatic heterocycles. The normalized spacial score (nSPS) is 11.3. The number of halogens is 2. The van der Waals surface area contributed by atoms with Crippen LogP contribution in [0.5, 0.6) is 0 Å². The van der Waals surface area contributed by atoms with Crippen LogP contribution in [0.15, 0.2) is 34.2 Å². The second kappa shape index (κ2) is 5.70. The molecule has 0 saturated carbocycles. The van der Waals surface area contributed by atoms with E-state index in [0.717, 1.165) is 0 Å². The number of rotatable bonds is 4. The van der Waals surface area contributed by atoms with E-state index in [4.69, 9.17) is 0 Å². The summed E-state index contributed by atoms with van der Waals surface area (Å²) in [5.74, 6) is -2.42. The van der Waals surface area contributed by atoms with E-state index in [0.29, 0.717) is 22.3 Å². The largest absolute Gasteiger partial charge is 0.369 e. The SMILES string of the molecule is CN(C)C=Nc1ccccc1SC(F)F. The van der Waals surface area contributed by atoms with Crippen LogP contribution < -0.4 is 0 Å². The third-order valence-corrected chi connectivity index (χ3v) is 2.29. The second-order valence-corrected chi connectivity index (χ2v) is 4.09. The van der Waals surface area contributed by atoms with Gasteiger partial charge in [0.2, 0.25) is 0 Å². The van der Waals surface area contributed by atoms with E-state index in [2.05, 4.69) is 4.99 Å². The standard InChI is InChI=1S/C10H12F2N2S/c1-14(2)7-13-8-5-3-4-6-9(8)15-10(11)12/h3-7,10H,1-2H3. The average molecular weight is 230 g/mol. The Kier molecular flexibility index (Phi) is 4.55. The topological polar surface area (TPSA) is 15.6 Å². The lowest BCUT2D eigenvalue weighted by Gasteiger charge is -2.06. The van der Waals surface area contributed by atoms with Gasteiger partial charge in [0.05, 0.1) is 12.0 Å². The Morgan fingerprint density at radius 2 is 2.00 bits per heavy atom. The fourth-order valence-corrected chi connectivity index (χ4v) is 1.53. The first-order chi connectivity index (χ1) is 7.09. The van der Waals surface area contributed by atoms with Crippen molar-refractivity contribution in [3.63, 3.8) is 0 Å². The smallest absolute Gasteiger partial charge is 0.288 e. The molecule has 0 N–H and O–H groups in total. The third-order valence-electron chi connectivity index (χ3n) is 1.51. The molecule has 0 bridgehead atoms. The molecule has 0 unspecified atom stereocenters. The Morgan fingerprint density at radius 1 is 1.33 bits per heavy atom. The van der Waals surface area contributed by atoms with Crippen molar-refractivity contribution in [1.82, 2.24) is 4.90 Å². The predicted molar refractivity (Wildman–Crippen MR) is 60.1 cm³/mol. The van der Waals surface area contributed by atoms with Gasteiger partial charge in [0.25, 0.3) is 5.76 Å². The summed E-state index contributed by atoms with van der Waals surface area (Å²) in [7, 11) is 3.65. The molecule has 82 valence electrons. The highest BCUT2D eigenvalue weighted by atomic mass is 32.2. The maximum Gasteiger partial charge on any atom is 0.288 e. The van der Waals surface area contributed by atoms with E-state index in [-0.39, 0.29) is 0 Å². The van der Waals surface area contributed by atoms with Gasteiger partial charge in [-0.1, -0.05) is 23.9 Å². The highest BCUT2D eigenvalue weighted by molar-refractivity contribution is 7.99. The number of nitrogens with zero attached hydrogens (tertiary/aromatic N) is 2. The molecule has 0 saturated heterocycles. The van der Waals surface area contributed by atoms with Crippen molar-refractivity contribution >= 4 is 23.8 Å². The van der Waals surface area contributed by atoms with E-state index in [1.54, 1.807) is 35.5 Å². The Labute approximate surface area is 92.0 Å². The van der Waals surface area contributed by atoms with Crippen LogP contribution in [0.4, 0.5) is 14.5 Å². The first kappa shape index (κ1) is 12.0. The van der Waals surface area contributed by atoms with Gasteiger partial charge in [-0.2, -0.15) is 8.78 Å². The molecule has 15 heavy (non-hydrogen) atoms. The summed E-state index contributed by atoms with van der Waals surface area (Å²) in [5, 5.41) is 0. The summed E-state index contributed by atoms with van der Waals surface area (Å²) in [6.07, 6.45) is 1.59. The molecule has 0 aliphatic carbocycles. The van der Waals surface area contributed by atoms with Crippen molar-refractivity contribution in [3.05, 3.63) is 24.3 Å². The summed E-state index contributed by atoms with van der Waals surface area (Å²) in [6.45, 7) is 0. The molecule has 0 fully saturated rings. The Hall–Kier alpha value is -1.10. The van der Waals surface area contributed by atoms with E-state index in [1.807, 2.05) is 14.1 Å². The lowest BCUT2D eigenvalue weighted by molar-refractivity contribution is 0.252. The highest BCUT2D eigenvalue weighted by Gasteiger charge is 2.08. The van der Waals surface area contributed by atoms with Crippen LogP contribution in [0, 0.1) is 0 Å². The molecule has 0 aliphatic rings. The van der Waals surface area contributed by atoms with Crippen LogP contribution in [0.3, 0.4) is 0 Å². The van der Waals surface area contributed by atoms with Gasteiger partial charge in [0.15, 0.2) is 0 Å². The second-order valence-electron chi connectivity index (χ2n) is 3.05. The number of benzene rings is 1. The zero-order valence-electron chi connectivity index (χ0n) is 8.52. The molecular formula is C10H12F2N2S. The zero-order chi connectivity index (χ0) is 11.3. The van der Waals surface area contributed by atoms with Crippen molar-refractivity contribution in [1.29, 1.82) is 0 Å². The number of para-hydroxylation sites is 1. The lowest BCUT2D eigenvalue weighted by atomic mass is 10.3. The van der Waals surface area contributed by atoms with Crippen LogP contribution in [0.2, 0.25) is 0 Å². The van der Waals surface area contributed by atoms with Crippen LogP contribution in [0.25, 0.3) is 0 Å². The minimum absolute atomic E-state index is 0.491. The van der Waals surface area contributed by atoms with Gasteiger partial charge in [-0.3, -0.25) is 0 Å². The van der Waals surface area contributed by atoms with E-state index < -0.39 is 5.76 Å². The maximum atomic E-state index is 12.2. The van der Waals surface area contributed by atoms with Crippen molar-refractivity contribution in [2.24, 2.45) is 4.99 Å². The summed E-state index contributed by atoms with van der Waals surface area (Å²) in [6, 6.07) is 6.85. The molecule has 0 heterocycles. The summed E-state index contributed by atoms with van der Waals surface area (Å²) >= 11 is 0.511. The Balaban J connectivity index is 2.86. The van der Waals surface area contributed by atoms with E-state index in [1.165, 1.54) is 0 Å². The van der Waals surface area contributed by atoms with Gasteiger partial charge in [-0.15, -0.1) is 0 Å². The van der Waals surface area contributed by atoms with Crippen molar-refractivity contribution in [2.75, 3.05) is 14.1 Å². The fraction of sp³-hybridized carbons (Fsp3) is 0.300. The minimum atomic E-state index is -2.42. The first-order valence-corrected chi connectivity index (χ1v) is 5.22. The molecule has 1 rings (SSSR count). The van der Waals surface area contributed by atoms with Crippen molar-refractivity contribution in [3.8, 4) is 0 Å². The lowest BCUT2D eigenvalue weighted by Crippen LogP contribution is -2.07. The van der Waals surface area contributed by atoms with Crippen LogP contribution in [-0.4, -0.2) is 31.1 Å². The molecule has 0 aromatic heterocycles. The molecular weight excluding hydrogens is 218 g/mol. The predicted octanol–water partition coefficient (Wildman–Crippen LogP) is 3.22. The van der Waals surface area contributed by atoms with Gasteiger partial charge in [0, 0.05) is 19.0 Å². The van der Waals surface area contributed by atoms with Gasteiger partial charge < -0.3 is 4.90 Å². The van der Waals surface area contributed by atoms with Crippen molar-refractivity contribution in [2.45, 2.75) is 10.7 Å². The highest BCUT2D eigenvalue weighted by Crippen LogP contribution is 2.33. The van der Waals surface area contributed by atoms with Gasteiger partial charge in [-0.05, 0) is 12.1 Å². The average Bonchev–Trinajstić information content (AvgIpc) is 2.15. The molecule has 0 spiro atoms. The van der Waals surface area contributed by atoms with Crippen LogP contribution in [0.1, 0.15) is 0 Å². The first-order valence-electron chi connectivity index (χ1n) is 4.34. The van der Waals surface area contributed by atoms with Gasteiger partial charge in [-0.25, -0.2) is 4.99 Å². The number of hydrogen-bond donors (Lipinski definition) is 0. The molecule has 1 aromatic carbocycles. The number of thioether (sulfide) groups is 1.